The summed E-state index contributed by atoms with van der Waals surface area (Å²) in [6, 6.07) is -0.335. The number of hydrogen-bond donors (Lipinski definition) is 1. The third-order valence-corrected chi connectivity index (χ3v) is 4.90. The van der Waals surface area contributed by atoms with E-state index in [0.29, 0.717) is 16.5 Å². The van der Waals surface area contributed by atoms with E-state index in [2.05, 4.69) is 4.98 Å². The van der Waals surface area contributed by atoms with Crippen LogP contribution < -0.4 is 0 Å². The first kappa shape index (κ1) is 14.6. The molecule has 1 aromatic rings. The second kappa shape index (κ2) is 4.82. The van der Waals surface area contributed by atoms with Gasteiger partial charge in [0.2, 0.25) is 6.10 Å². The first-order chi connectivity index (χ1) is 9.27. The normalized spacial score (nSPS) is 34.7. The van der Waals surface area contributed by atoms with Gasteiger partial charge in [-0.3, -0.25) is 0 Å². The summed E-state index contributed by atoms with van der Waals surface area (Å²) in [5, 5.41) is 9.44. The summed E-state index contributed by atoms with van der Waals surface area (Å²) in [5.74, 6) is -0.171. The van der Waals surface area contributed by atoms with E-state index < -0.39 is 24.3 Å². The topological polar surface area (TPSA) is 38.1 Å². The quantitative estimate of drug-likeness (QED) is 0.607. The molecule has 20 heavy (non-hydrogen) atoms. The maximum atomic E-state index is 13.8. The number of fused-ring (bicyclic) bond motifs is 2. The number of rotatable bonds is 2. The molecule has 0 amide bonds. The van der Waals surface area contributed by atoms with E-state index in [4.69, 9.17) is 0 Å². The molecule has 0 aromatic carbocycles. The van der Waals surface area contributed by atoms with Crippen molar-refractivity contribution in [3.63, 3.8) is 0 Å². The first-order valence-electron chi connectivity index (χ1n) is 6.40. The van der Waals surface area contributed by atoms with Gasteiger partial charge < -0.3 is 9.67 Å². The molecule has 8 heteroatoms. The number of hydrogen-bond acceptors (Lipinski definition) is 2. The minimum Gasteiger partial charge on any atom is -0.377 e. The van der Waals surface area contributed by atoms with Crippen LogP contribution in [0.1, 0.15) is 37.2 Å². The molecule has 3 aliphatic rings. The zero-order chi connectivity index (χ0) is 14.7. The molecule has 0 aliphatic heterocycles. The average Bonchev–Trinajstić information content (AvgIpc) is 2.66. The Balaban J connectivity index is 1.93. The smallest absolute Gasteiger partial charge is 0.377 e. The van der Waals surface area contributed by atoms with Gasteiger partial charge in [-0.25, -0.2) is 9.37 Å². The number of aliphatic hydroxyl groups excluding tert-OH is 1. The van der Waals surface area contributed by atoms with Crippen molar-refractivity contribution < 1.29 is 22.7 Å². The predicted octanol–water partition coefficient (Wildman–Crippen LogP) is 3.39. The molecule has 1 aromatic heterocycles. The van der Waals surface area contributed by atoms with Crippen LogP contribution >= 0.6 is 22.6 Å². The molecule has 0 spiro atoms. The standard InChI is InChI=1S/C12H13F4IN2O/c13-7-3-8(6-1-5(7)2-6)19-4-9(17)18-11(19)10(20)12(14,15)16/h4-8,10,20H,1-3H2/t5?,6?,7-,8?,10?/m0/s1. The molecule has 2 bridgehead atoms. The number of aromatic nitrogens is 2. The van der Waals surface area contributed by atoms with Crippen LogP contribution in [0.3, 0.4) is 0 Å². The molecule has 0 radical (unpaired) electrons. The highest BCUT2D eigenvalue weighted by Crippen LogP contribution is 2.53. The van der Waals surface area contributed by atoms with Crippen molar-refractivity contribution in [2.24, 2.45) is 11.8 Å². The lowest BCUT2D eigenvalue weighted by atomic mass is 9.61. The van der Waals surface area contributed by atoms with Crippen LogP contribution in [0, 0.1) is 15.5 Å². The van der Waals surface area contributed by atoms with Gasteiger partial charge in [0.25, 0.3) is 0 Å². The zero-order valence-corrected chi connectivity index (χ0v) is 12.5. The summed E-state index contributed by atoms with van der Waals surface area (Å²) < 4.78 is 53.6. The fourth-order valence-electron chi connectivity index (χ4n) is 3.27. The van der Waals surface area contributed by atoms with Gasteiger partial charge in [0.05, 0.1) is 0 Å². The fraction of sp³-hybridized carbons (Fsp3) is 0.750. The van der Waals surface area contributed by atoms with Crippen LogP contribution in [0.5, 0.6) is 0 Å². The van der Waals surface area contributed by atoms with Gasteiger partial charge in [-0.05, 0) is 53.7 Å². The summed E-state index contributed by atoms with van der Waals surface area (Å²) in [5.41, 5.74) is 0. The molecule has 112 valence electrons. The van der Waals surface area contributed by atoms with Crippen LogP contribution in [0.4, 0.5) is 17.6 Å². The Hall–Kier alpha value is -0.380. The Bertz CT molecular complexity index is 512. The van der Waals surface area contributed by atoms with Gasteiger partial charge in [-0.1, -0.05) is 0 Å². The molecule has 3 atom stereocenters. The molecule has 0 saturated heterocycles. The summed E-state index contributed by atoms with van der Waals surface area (Å²) in [6.07, 6.45) is -5.26. The van der Waals surface area contributed by atoms with Gasteiger partial charge in [-0.2, -0.15) is 13.2 Å². The third-order valence-electron chi connectivity index (χ3n) is 4.38. The van der Waals surface area contributed by atoms with Crippen LogP contribution in [0.2, 0.25) is 0 Å². The molecular weight excluding hydrogens is 391 g/mol. The maximum Gasteiger partial charge on any atom is 0.421 e. The van der Waals surface area contributed by atoms with E-state index in [1.54, 1.807) is 22.6 Å². The van der Waals surface area contributed by atoms with Crippen LogP contribution in [-0.2, 0) is 0 Å². The number of halogens is 5. The third kappa shape index (κ3) is 2.34. The number of nitrogens with zero attached hydrogens (tertiary/aromatic N) is 2. The Morgan fingerprint density at radius 2 is 1.95 bits per heavy atom. The highest BCUT2D eigenvalue weighted by molar-refractivity contribution is 14.1. The van der Waals surface area contributed by atoms with Crippen molar-refractivity contribution in [1.82, 2.24) is 9.55 Å². The van der Waals surface area contributed by atoms with Gasteiger partial charge in [-0.15, -0.1) is 0 Å². The molecule has 3 nitrogen and oxygen atoms in total. The minimum atomic E-state index is -4.77. The van der Waals surface area contributed by atoms with Gasteiger partial charge in [0.15, 0.2) is 0 Å². The van der Waals surface area contributed by atoms with Gasteiger partial charge >= 0.3 is 6.18 Å². The van der Waals surface area contributed by atoms with E-state index in [0.717, 1.165) is 0 Å². The van der Waals surface area contributed by atoms with Crippen molar-refractivity contribution in [2.45, 2.75) is 43.8 Å². The monoisotopic (exact) mass is 404 g/mol. The minimum absolute atomic E-state index is 0.0647. The molecule has 3 aliphatic carbocycles. The SMILES string of the molecule is OC(c1nc(I)cn1C1C[C@H](F)C2CC1C2)C(F)(F)F. The molecular formula is C12H13F4IN2O. The Morgan fingerprint density at radius 1 is 1.30 bits per heavy atom. The Labute approximate surface area is 126 Å². The van der Waals surface area contributed by atoms with Crippen LogP contribution in [0.15, 0.2) is 6.20 Å². The first-order valence-corrected chi connectivity index (χ1v) is 7.48. The van der Waals surface area contributed by atoms with Crippen molar-refractivity contribution >= 4 is 22.6 Å². The summed E-state index contributed by atoms with van der Waals surface area (Å²) in [4.78, 5) is 3.79. The van der Waals surface area contributed by atoms with Crippen molar-refractivity contribution in [1.29, 1.82) is 0 Å². The molecule has 3 saturated carbocycles. The van der Waals surface area contributed by atoms with Crippen LogP contribution in [0.25, 0.3) is 0 Å². The maximum absolute atomic E-state index is 13.8. The Kier molecular flexibility index (Phi) is 3.51. The van der Waals surface area contributed by atoms with Crippen molar-refractivity contribution in [3.05, 3.63) is 15.7 Å². The van der Waals surface area contributed by atoms with Gasteiger partial charge in [0.1, 0.15) is 15.7 Å². The van der Waals surface area contributed by atoms with E-state index in [1.807, 2.05) is 0 Å². The number of imidazole rings is 1. The lowest BCUT2D eigenvalue weighted by Crippen LogP contribution is -2.45. The molecule has 1 heterocycles. The number of aliphatic hydroxyl groups is 1. The lowest BCUT2D eigenvalue weighted by molar-refractivity contribution is -0.210. The van der Waals surface area contributed by atoms with Gasteiger partial charge in [0, 0.05) is 12.2 Å². The molecule has 4 rings (SSSR count). The molecule has 1 N–H and O–H groups in total. The summed E-state index contributed by atoms with van der Waals surface area (Å²) >= 11 is 1.80. The predicted molar refractivity (Wildman–Crippen MR) is 70.7 cm³/mol. The highest BCUT2D eigenvalue weighted by Gasteiger charge is 2.49. The zero-order valence-electron chi connectivity index (χ0n) is 10.3. The van der Waals surface area contributed by atoms with Crippen molar-refractivity contribution in [2.75, 3.05) is 0 Å². The van der Waals surface area contributed by atoms with Crippen molar-refractivity contribution in [3.8, 4) is 0 Å². The van der Waals surface area contributed by atoms with E-state index in [9.17, 15) is 22.7 Å². The average molecular weight is 404 g/mol. The highest BCUT2D eigenvalue weighted by atomic mass is 127. The number of alkyl halides is 4. The Morgan fingerprint density at radius 3 is 2.50 bits per heavy atom. The van der Waals surface area contributed by atoms with E-state index in [-0.39, 0.29) is 24.3 Å². The second-order valence-electron chi connectivity index (χ2n) is 5.58. The largest absolute Gasteiger partial charge is 0.421 e. The lowest BCUT2D eigenvalue weighted by Gasteiger charge is -2.49. The molecule has 3 fully saturated rings. The van der Waals surface area contributed by atoms with E-state index >= 15 is 0 Å². The second-order valence-corrected chi connectivity index (χ2v) is 6.69. The molecule has 2 unspecified atom stereocenters. The summed E-state index contributed by atoms with van der Waals surface area (Å²) in [6.45, 7) is 0. The summed E-state index contributed by atoms with van der Waals surface area (Å²) in [7, 11) is 0. The van der Waals surface area contributed by atoms with E-state index in [1.165, 1.54) is 10.8 Å². The fourth-order valence-corrected chi connectivity index (χ4v) is 3.81. The van der Waals surface area contributed by atoms with Crippen LogP contribution in [-0.4, -0.2) is 27.0 Å².